The van der Waals surface area contributed by atoms with Gasteiger partial charge in [-0.2, -0.15) is 13.2 Å². The number of thiophene rings is 1. The lowest BCUT2D eigenvalue weighted by molar-refractivity contribution is -0.170. The van der Waals surface area contributed by atoms with E-state index in [1.54, 1.807) is 40.7 Å². The zero-order chi connectivity index (χ0) is 33.9. The molecule has 0 amide bonds. The second kappa shape index (κ2) is 14.8. The van der Waals surface area contributed by atoms with Crippen LogP contribution in [0, 0.1) is 3.57 Å². The van der Waals surface area contributed by atoms with Crippen molar-refractivity contribution < 1.29 is 32.2 Å². The molecule has 3 aromatic carbocycles. The fourth-order valence-electron chi connectivity index (χ4n) is 4.44. The Labute approximate surface area is 295 Å². The van der Waals surface area contributed by atoms with Gasteiger partial charge < -0.3 is 14.2 Å². The van der Waals surface area contributed by atoms with Crippen LogP contribution in [0.25, 0.3) is 10.4 Å². The van der Waals surface area contributed by atoms with Gasteiger partial charge in [0.1, 0.15) is 16.4 Å². The number of carbonyl (C=O) groups is 1. The highest BCUT2D eigenvalue weighted by Crippen LogP contribution is 2.40. The van der Waals surface area contributed by atoms with E-state index in [4.69, 9.17) is 37.4 Å². The van der Waals surface area contributed by atoms with Gasteiger partial charge in [0.05, 0.1) is 23.3 Å². The lowest BCUT2D eigenvalue weighted by atomic mass is 10.0. The third-order valence-electron chi connectivity index (χ3n) is 6.86. The topological polar surface area (TPSA) is 44.8 Å². The molecular weight excluding hydrogens is 771 g/mol. The molecule has 0 spiro atoms. The van der Waals surface area contributed by atoms with Crippen molar-refractivity contribution in [1.82, 2.24) is 0 Å². The highest BCUT2D eigenvalue weighted by Gasteiger charge is 2.36. The van der Waals surface area contributed by atoms with E-state index in [2.05, 4.69) is 22.6 Å². The minimum Gasteiger partial charge on any atom is -0.475 e. The van der Waals surface area contributed by atoms with Gasteiger partial charge in [-0.25, -0.2) is 4.79 Å². The van der Waals surface area contributed by atoms with Crippen LogP contribution in [0.1, 0.15) is 68.7 Å². The first kappa shape index (κ1) is 36.5. The van der Waals surface area contributed by atoms with Crippen LogP contribution in [0.5, 0.6) is 5.75 Å². The minimum absolute atomic E-state index is 0.188. The van der Waals surface area contributed by atoms with Gasteiger partial charge in [0, 0.05) is 13.3 Å². The molecule has 4 aromatic rings. The van der Waals surface area contributed by atoms with E-state index in [9.17, 15) is 18.0 Å². The second-order valence-corrected chi connectivity index (χ2v) is 15.3. The summed E-state index contributed by atoms with van der Waals surface area (Å²) in [5.74, 6) is -0.270. The summed E-state index contributed by atoms with van der Waals surface area (Å²) in [5.41, 5.74) is -0.189. The summed E-state index contributed by atoms with van der Waals surface area (Å²) in [6.45, 7) is 8.92. The maximum absolute atomic E-state index is 13.1. The Hall–Kier alpha value is -2.31. The molecule has 1 unspecified atom stereocenters. The molecule has 11 heteroatoms. The molecule has 0 radical (unpaired) electrons. The molecule has 0 saturated heterocycles. The minimum atomic E-state index is -4.39. The SMILES string of the molecule is CC(C)(C)OC(=O)C(C)(C)Oc1ccc(CCC(OCc2ccc(I)cc2)c2ccc(-c3ccc(C(F)(F)F)cc3)s2)c(Cl)c1Cl. The normalized spacial score (nSPS) is 13.0. The van der Waals surface area contributed by atoms with Crippen molar-refractivity contribution in [2.24, 2.45) is 0 Å². The summed E-state index contributed by atoms with van der Waals surface area (Å²) in [4.78, 5) is 14.5. The number of esters is 1. The van der Waals surface area contributed by atoms with Crippen molar-refractivity contribution in [1.29, 1.82) is 0 Å². The number of halogens is 6. The molecule has 4 nitrogen and oxygen atoms in total. The zero-order valence-electron chi connectivity index (χ0n) is 25.9. The van der Waals surface area contributed by atoms with Crippen molar-refractivity contribution in [3.63, 3.8) is 0 Å². The van der Waals surface area contributed by atoms with E-state index in [0.717, 1.165) is 36.6 Å². The summed E-state index contributed by atoms with van der Waals surface area (Å²) in [6.07, 6.45) is -3.66. The number of carbonyl (C=O) groups excluding carboxylic acids is 1. The van der Waals surface area contributed by atoms with Crippen LogP contribution in [-0.2, 0) is 33.5 Å². The van der Waals surface area contributed by atoms with Gasteiger partial charge in [0.15, 0.2) is 5.60 Å². The molecule has 0 N–H and O–H groups in total. The third kappa shape index (κ3) is 9.86. The predicted molar refractivity (Wildman–Crippen MR) is 187 cm³/mol. The summed E-state index contributed by atoms with van der Waals surface area (Å²) < 4.78 is 58.2. The fraction of sp³-hybridized carbons (Fsp3) is 0.343. The summed E-state index contributed by atoms with van der Waals surface area (Å²) in [6, 6.07) is 20.5. The van der Waals surface area contributed by atoms with Crippen LogP contribution in [-0.4, -0.2) is 17.2 Å². The predicted octanol–water partition coefficient (Wildman–Crippen LogP) is 11.7. The van der Waals surface area contributed by atoms with Crippen LogP contribution in [0.2, 0.25) is 10.0 Å². The van der Waals surface area contributed by atoms with Crippen molar-refractivity contribution >= 4 is 63.1 Å². The lowest BCUT2D eigenvalue weighted by Gasteiger charge is -2.29. The van der Waals surface area contributed by atoms with E-state index in [-0.39, 0.29) is 16.9 Å². The van der Waals surface area contributed by atoms with Gasteiger partial charge in [-0.15, -0.1) is 11.3 Å². The van der Waals surface area contributed by atoms with E-state index >= 15 is 0 Å². The summed E-state index contributed by atoms with van der Waals surface area (Å²) >= 11 is 17.1. The largest absolute Gasteiger partial charge is 0.475 e. The first-order chi connectivity index (χ1) is 21.4. The van der Waals surface area contributed by atoms with E-state index in [1.807, 2.05) is 42.5 Å². The molecule has 0 bridgehead atoms. The van der Waals surface area contributed by atoms with E-state index in [0.29, 0.717) is 30.0 Å². The molecule has 0 aliphatic heterocycles. The Kier molecular flexibility index (Phi) is 11.8. The maximum atomic E-state index is 13.1. The van der Waals surface area contributed by atoms with Gasteiger partial charge in [-0.3, -0.25) is 0 Å². The number of aryl methyl sites for hydroxylation is 1. The van der Waals surface area contributed by atoms with Crippen LogP contribution in [0.4, 0.5) is 13.2 Å². The van der Waals surface area contributed by atoms with Gasteiger partial charge in [0.2, 0.25) is 0 Å². The summed E-state index contributed by atoms with van der Waals surface area (Å²) in [5, 5.41) is 0.500. The van der Waals surface area contributed by atoms with Crippen molar-refractivity contribution in [3.05, 3.63) is 108 Å². The molecule has 1 heterocycles. The second-order valence-electron chi connectivity index (χ2n) is 12.2. The molecule has 0 fully saturated rings. The maximum Gasteiger partial charge on any atom is 0.416 e. The zero-order valence-corrected chi connectivity index (χ0v) is 30.4. The number of hydrogen-bond donors (Lipinski definition) is 0. The lowest BCUT2D eigenvalue weighted by Crippen LogP contribution is -2.43. The van der Waals surface area contributed by atoms with Crippen molar-refractivity contribution in [2.45, 2.75) is 77.5 Å². The summed E-state index contributed by atoms with van der Waals surface area (Å²) in [7, 11) is 0. The number of rotatable bonds is 11. The fourth-order valence-corrected chi connectivity index (χ4v) is 6.37. The molecule has 0 aliphatic rings. The van der Waals surface area contributed by atoms with E-state index in [1.165, 1.54) is 23.5 Å². The molecule has 1 aromatic heterocycles. The van der Waals surface area contributed by atoms with Crippen LogP contribution < -0.4 is 4.74 Å². The average molecular weight is 806 g/mol. The Bertz CT molecular complexity index is 1650. The molecule has 46 heavy (non-hydrogen) atoms. The van der Waals surface area contributed by atoms with Gasteiger partial charge >= 0.3 is 12.1 Å². The van der Waals surface area contributed by atoms with Crippen molar-refractivity contribution in [3.8, 4) is 16.2 Å². The number of alkyl halides is 3. The Morgan fingerprint density at radius 1 is 0.870 bits per heavy atom. The number of hydrogen-bond acceptors (Lipinski definition) is 5. The van der Waals surface area contributed by atoms with Gasteiger partial charge in [-0.05, 0) is 129 Å². The molecular formula is C35H34Cl2F3IO4S. The van der Waals surface area contributed by atoms with Gasteiger partial charge in [0.25, 0.3) is 0 Å². The molecule has 246 valence electrons. The Balaban J connectivity index is 1.53. The Morgan fingerprint density at radius 3 is 2.13 bits per heavy atom. The monoisotopic (exact) mass is 804 g/mol. The smallest absolute Gasteiger partial charge is 0.416 e. The molecule has 4 rings (SSSR count). The van der Waals surface area contributed by atoms with Gasteiger partial charge in [-0.1, -0.05) is 53.5 Å². The number of ether oxygens (including phenoxy) is 3. The highest BCUT2D eigenvalue weighted by atomic mass is 127. The van der Waals surface area contributed by atoms with Crippen LogP contribution in [0.3, 0.4) is 0 Å². The molecule has 0 aliphatic carbocycles. The quantitative estimate of drug-likeness (QED) is 0.112. The first-order valence-corrected chi connectivity index (χ1v) is 17.1. The molecule has 0 saturated carbocycles. The standard InChI is InChI=1S/C35H34Cl2F3IO4S/c1-33(2,3)45-32(42)34(4,5)44-27-17-11-23(30(36)31(27)37)10-16-26(43-20-21-6-14-25(41)15-7-21)29-19-18-28(46-29)22-8-12-24(13-9-22)35(38,39)40/h6-9,11-15,17-19,26H,10,16,20H2,1-5H3. The molecule has 1 atom stereocenters. The average Bonchev–Trinajstić information content (AvgIpc) is 3.46. The Morgan fingerprint density at radius 2 is 1.52 bits per heavy atom. The van der Waals surface area contributed by atoms with Crippen LogP contribution >= 0.6 is 57.1 Å². The van der Waals surface area contributed by atoms with Crippen molar-refractivity contribution in [2.75, 3.05) is 0 Å². The first-order valence-electron chi connectivity index (χ1n) is 14.5. The van der Waals surface area contributed by atoms with Crippen LogP contribution in [0.15, 0.2) is 72.8 Å². The third-order valence-corrected chi connectivity index (χ3v) is 9.71. The highest BCUT2D eigenvalue weighted by molar-refractivity contribution is 14.1. The van der Waals surface area contributed by atoms with E-state index < -0.39 is 28.9 Å². The number of benzene rings is 3.